The van der Waals surface area contributed by atoms with Crippen molar-refractivity contribution < 1.29 is 0 Å². The van der Waals surface area contributed by atoms with E-state index in [-0.39, 0.29) is 0 Å². The Kier molecular flexibility index (Phi) is 0.184. The van der Waals surface area contributed by atoms with Gasteiger partial charge in [0.15, 0.2) is 0 Å². The van der Waals surface area contributed by atoms with Gasteiger partial charge in [0.1, 0.15) is 0 Å². The fourth-order valence-corrected chi connectivity index (χ4v) is 0.923. The van der Waals surface area contributed by atoms with Crippen molar-refractivity contribution in [3.63, 3.8) is 0 Å². The zero-order valence-corrected chi connectivity index (χ0v) is 3.31. The van der Waals surface area contributed by atoms with Crippen molar-refractivity contribution in [2.75, 3.05) is 0 Å². The van der Waals surface area contributed by atoms with Crippen molar-refractivity contribution in [3.05, 3.63) is 0 Å². The molecule has 2 saturated heterocycles. The van der Waals surface area contributed by atoms with Crippen molar-refractivity contribution in [3.8, 4) is 0 Å². The molecule has 23 valence electrons. The second-order valence-corrected chi connectivity index (χ2v) is 2.21. The Balaban J connectivity index is 2.19. The molecule has 2 atom stereocenters. The van der Waals surface area contributed by atoms with E-state index in [0.717, 1.165) is 18.1 Å². The molecule has 2 fully saturated rings. The Morgan fingerprint density at radius 1 is 1.80 bits per heavy atom. The second kappa shape index (κ2) is 0.394. The van der Waals surface area contributed by atoms with E-state index in [1.165, 1.54) is 0 Å². The van der Waals surface area contributed by atoms with Gasteiger partial charge in [-0.15, -0.1) is 5.72 Å². The molecule has 1 radical (unpaired) electrons. The summed E-state index contributed by atoms with van der Waals surface area (Å²) in [5.41, 5.74) is 1.09. The smallest absolute Gasteiger partial charge is 0.0959 e. The molecule has 2 rings (SSSR count). The van der Waals surface area contributed by atoms with Crippen molar-refractivity contribution in [2.24, 2.45) is 0 Å². The minimum atomic E-state index is 1.09. The average Bonchev–Trinajstić information content (AvgIpc) is 2.11. The first-order chi connectivity index (χ1) is 2.39. The van der Waals surface area contributed by atoms with Crippen LogP contribution in [0.3, 0.4) is 0 Å². The van der Waals surface area contributed by atoms with Gasteiger partial charge in [-0.25, -0.2) is 0 Å². The Bertz CT molecular complexity index is 56.5. The summed E-state index contributed by atoms with van der Waals surface area (Å²) in [5, 5.41) is 0. The van der Waals surface area contributed by atoms with Gasteiger partial charge < -0.3 is 0 Å². The molecule has 0 spiro atoms. The topological polar surface area (TPSA) is 0 Å². The molecule has 0 saturated carbocycles. The van der Waals surface area contributed by atoms with Crippen LogP contribution < -0.4 is 0 Å². The molecule has 0 aromatic rings. The maximum Gasteiger partial charge on any atom is 0.0959 e. The molecule has 2 heteroatoms. The van der Waals surface area contributed by atoms with E-state index >= 15 is 0 Å². The van der Waals surface area contributed by atoms with Crippen LogP contribution in [0.25, 0.3) is 0 Å². The van der Waals surface area contributed by atoms with Crippen molar-refractivity contribution in [1.29, 1.82) is 0 Å². The van der Waals surface area contributed by atoms with Crippen molar-refractivity contribution >= 4 is 13.8 Å². The molecule has 0 nitrogen and oxygen atoms in total. The summed E-state index contributed by atoms with van der Waals surface area (Å²) in [4.78, 5) is 0. The Hall–Kier alpha value is 0.130. The van der Waals surface area contributed by atoms with E-state index in [2.05, 4.69) is 14.1 Å². The van der Waals surface area contributed by atoms with Gasteiger partial charge in [0.05, 0.1) is 13.8 Å². The van der Waals surface area contributed by atoms with E-state index in [4.69, 9.17) is 0 Å². The summed E-state index contributed by atoms with van der Waals surface area (Å²) in [6, 6.07) is 0. The van der Waals surface area contributed by atoms with E-state index in [9.17, 15) is 0 Å². The molecular weight excluding hydrogens is 57.7 g/mol. The lowest BCUT2D eigenvalue weighted by molar-refractivity contribution is 1.15. The van der Waals surface area contributed by atoms with Crippen LogP contribution >= 0.6 is 0 Å². The van der Waals surface area contributed by atoms with Gasteiger partial charge >= 0.3 is 0 Å². The van der Waals surface area contributed by atoms with Gasteiger partial charge in [-0.2, -0.15) is 0 Å². The minimum Gasteiger partial charge on any atom is -0.106 e. The van der Waals surface area contributed by atoms with Crippen LogP contribution in [-0.4, -0.2) is 13.8 Å². The third-order valence-corrected chi connectivity index (χ3v) is 1.82. The third kappa shape index (κ3) is 0.127. The molecule has 0 aromatic carbocycles. The molecule has 0 aliphatic carbocycles. The molecule has 2 heterocycles. The zero-order valence-electron chi connectivity index (χ0n) is 3.31. The van der Waals surface area contributed by atoms with Crippen molar-refractivity contribution in [2.45, 2.75) is 18.5 Å². The molecule has 0 unspecified atom stereocenters. The van der Waals surface area contributed by atoms with Gasteiger partial charge in [-0.3, -0.25) is 0 Å². The Labute approximate surface area is 33.3 Å². The minimum absolute atomic E-state index is 1.09. The number of hydrogen-bond donors (Lipinski definition) is 0. The molecule has 0 N–H and O–H groups in total. The zero-order chi connectivity index (χ0) is 3.44. The average molecular weight is 62.7 g/mol. The van der Waals surface area contributed by atoms with Gasteiger partial charge in [-0.1, -0.05) is 12.7 Å². The second-order valence-electron chi connectivity index (χ2n) is 2.21. The fraction of sp³-hybridized carbons (Fsp3) is 1.00. The normalized spacial score (nSPS) is 54.2. The highest BCUT2D eigenvalue weighted by Gasteiger charge is 2.63. The number of hydrogen-bond acceptors (Lipinski definition) is 0. The van der Waals surface area contributed by atoms with Crippen LogP contribution in [0.5, 0.6) is 0 Å². The monoisotopic (exact) mass is 63.1 g/mol. The lowest BCUT2D eigenvalue weighted by atomic mass is 9.52. The highest BCUT2D eigenvalue weighted by Crippen LogP contribution is 2.61. The molecular formula is C3H5B2. The first-order valence-corrected chi connectivity index (χ1v) is 2.24. The molecule has 0 amide bonds. The summed E-state index contributed by atoms with van der Waals surface area (Å²) in [5.74, 6) is 1.09. The maximum absolute atomic E-state index is 2.41. The van der Waals surface area contributed by atoms with Crippen LogP contribution in [0.1, 0.15) is 6.92 Å². The quantitative estimate of drug-likeness (QED) is 0.357. The predicted octanol–water partition coefficient (Wildman–Crippen LogP) is 0.427. The molecule has 0 aromatic heterocycles. The van der Waals surface area contributed by atoms with Crippen LogP contribution in [0.15, 0.2) is 0 Å². The van der Waals surface area contributed by atoms with Gasteiger partial charge in [0.25, 0.3) is 0 Å². The van der Waals surface area contributed by atoms with E-state index in [0.29, 0.717) is 0 Å². The van der Waals surface area contributed by atoms with Crippen molar-refractivity contribution in [1.82, 2.24) is 0 Å². The van der Waals surface area contributed by atoms with Gasteiger partial charge in [-0.05, 0) is 0 Å². The highest BCUT2D eigenvalue weighted by atomic mass is 14.2. The lowest BCUT2D eigenvalue weighted by Crippen LogP contribution is -1.85. The fourth-order valence-electron chi connectivity index (χ4n) is 0.923. The van der Waals surface area contributed by atoms with Crippen LogP contribution in [0.4, 0.5) is 0 Å². The van der Waals surface area contributed by atoms with E-state index in [1.807, 2.05) is 0 Å². The van der Waals surface area contributed by atoms with E-state index < -0.39 is 0 Å². The third-order valence-electron chi connectivity index (χ3n) is 1.82. The highest BCUT2D eigenvalue weighted by molar-refractivity contribution is 7.42. The lowest BCUT2D eigenvalue weighted by Gasteiger charge is -1.81. The Morgan fingerprint density at radius 3 is 2.20 bits per heavy atom. The number of fused-ring (bicyclic) bond motifs is 1. The number of rotatable bonds is 0. The summed E-state index contributed by atoms with van der Waals surface area (Å²) in [6.45, 7) is 3.41. The first kappa shape index (κ1) is 2.33. The van der Waals surface area contributed by atoms with E-state index in [1.54, 1.807) is 0 Å². The van der Waals surface area contributed by atoms with Gasteiger partial charge in [0.2, 0.25) is 0 Å². The SMILES string of the molecule is C[C@H]1B2[B][C@@H]21. The summed E-state index contributed by atoms with van der Waals surface area (Å²) in [6.07, 6.45) is 0. The maximum atomic E-state index is 2.41. The largest absolute Gasteiger partial charge is 0.106 e. The van der Waals surface area contributed by atoms with Crippen LogP contribution in [0, 0.1) is 0 Å². The molecule has 0 bridgehead atoms. The summed E-state index contributed by atoms with van der Waals surface area (Å²) >= 11 is 0. The predicted molar refractivity (Wildman–Crippen MR) is 24.7 cm³/mol. The first-order valence-electron chi connectivity index (χ1n) is 2.24. The van der Waals surface area contributed by atoms with Crippen LogP contribution in [0.2, 0.25) is 11.5 Å². The molecule has 2 aliphatic heterocycles. The summed E-state index contributed by atoms with van der Waals surface area (Å²) in [7, 11) is 2.41. The standard InChI is InChI=1S/C3H5B2/c1-2-3-4-5(2)3/h2-3H,1H3/t2-,3+/m1/s1. The Morgan fingerprint density at radius 2 is 2.20 bits per heavy atom. The summed E-state index contributed by atoms with van der Waals surface area (Å²) < 4.78 is 0. The van der Waals surface area contributed by atoms with Crippen LogP contribution in [-0.2, 0) is 0 Å². The molecule has 5 heavy (non-hydrogen) atoms. The molecule has 2 aliphatic rings. The van der Waals surface area contributed by atoms with Gasteiger partial charge in [0, 0.05) is 0 Å².